The van der Waals surface area contributed by atoms with Crippen molar-refractivity contribution in [2.75, 3.05) is 13.1 Å². The summed E-state index contributed by atoms with van der Waals surface area (Å²) < 4.78 is 2.51. The van der Waals surface area contributed by atoms with Crippen molar-refractivity contribution >= 4 is 23.2 Å². The number of aromatic nitrogens is 3. The van der Waals surface area contributed by atoms with Crippen LogP contribution in [0.5, 0.6) is 0 Å². The predicted octanol–water partition coefficient (Wildman–Crippen LogP) is 2.99. The van der Waals surface area contributed by atoms with Gasteiger partial charge in [0.15, 0.2) is 0 Å². The maximum absolute atomic E-state index is 11.8. The summed E-state index contributed by atoms with van der Waals surface area (Å²) in [5.74, 6) is 1.24. The predicted molar refractivity (Wildman–Crippen MR) is 127 cm³/mol. The molecule has 1 N–H and O–H groups in total. The number of carbonyl (C=O) groups is 2. The smallest absolute Gasteiger partial charge is 0.219 e. The molecule has 0 radical (unpaired) electrons. The fourth-order valence-electron chi connectivity index (χ4n) is 6.32. The van der Waals surface area contributed by atoms with Crippen LogP contribution >= 0.6 is 11.3 Å². The minimum atomic E-state index is 0.0128. The Balaban J connectivity index is 1.27. The lowest BCUT2D eigenvalue weighted by Gasteiger charge is -2.41. The van der Waals surface area contributed by atoms with E-state index in [9.17, 15) is 9.59 Å². The van der Waals surface area contributed by atoms with Crippen LogP contribution in [0.3, 0.4) is 0 Å². The minimum absolute atomic E-state index is 0.0128. The third kappa shape index (κ3) is 4.45. The number of rotatable bonds is 6. The summed E-state index contributed by atoms with van der Waals surface area (Å²) >= 11 is 1.61. The normalized spacial score (nSPS) is 25.7. The molecule has 2 aromatic rings. The van der Waals surface area contributed by atoms with Crippen molar-refractivity contribution in [1.82, 2.24) is 29.7 Å². The van der Waals surface area contributed by atoms with Gasteiger partial charge in [-0.25, -0.2) is 4.98 Å². The number of nitrogens with zero attached hydrogens (tertiary/aromatic N) is 5. The summed E-state index contributed by atoms with van der Waals surface area (Å²) in [7, 11) is 0. The summed E-state index contributed by atoms with van der Waals surface area (Å²) in [5, 5.41) is 3.12. The molecule has 178 valence electrons. The molecule has 3 aliphatic rings. The van der Waals surface area contributed by atoms with Crippen LogP contribution in [0.1, 0.15) is 80.1 Å². The Morgan fingerprint density at radius 3 is 2.61 bits per heavy atom. The average Bonchev–Trinajstić information content (AvgIpc) is 3.46. The zero-order valence-corrected chi connectivity index (χ0v) is 20.6. The Hall–Kier alpha value is -2.26. The standard InChI is InChI=1S/C24H34N6O2S/c1-15-26-22-13-28(17(3)32)8-7-23(22)30(15)20-10-18-4-5-19(11-20)29(18)9-6-21(27-16(2)31)24-12-25-14-33-24/h12,14,18-21H,4-11,13H2,1-3H3,(H,27,31)/t18-,19+,20+,21-/m0/s1. The summed E-state index contributed by atoms with van der Waals surface area (Å²) in [6.45, 7) is 7.80. The van der Waals surface area contributed by atoms with E-state index in [1.54, 1.807) is 25.2 Å². The number of aryl methyl sites for hydroxylation is 1. The Morgan fingerprint density at radius 1 is 1.21 bits per heavy atom. The van der Waals surface area contributed by atoms with Crippen LogP contribution in [-0.4, -0.2) is 61.3 Å². The molecule has 2 saturated heterocycles. The molecule has 8 nitrogen and oxygen atoms in total. The van der Waals surface area contributed by atoms with E-state index in [1.807, 2.05) is 16.6 Å². The van der Waals surface area contributed by atoms with Crippen molar-refractivity contribution < 1.29 is 9.59 Å². The fourth-order valence-corrected chi connectivity index (χ4v) is 7.03. The zero-order chi connectivity index (χ0) is 23.1. The first-order valence-electron chi connectivity index (χ1n) is 12.1. The van der Waals surface area contributed by atoms with Gasteiger partial charge in [-0.1, -0.05) is 0 Å². The molecule has 3 aliphatic heterocycles. The maximum atomic E-state index is 11.8. The first-order valence-corrected chi connectivity index (χ1v) is 13.0. The first-order chi connectivity index (χ1) is 15.9. The number of nitrogens with one attached hydrogen (secondary N) is 1. The number of piperidine rings is 1. The van der Waals surface area contributed by atoms with Crippen molar-refractivity contribution in [3.8, 4) is 0 Å². The quantitative estimate of drug-likeness (QED) is 0.702. The number of fused-ring (bicyclic) bond motifs is 3. The Bertz CT molecular complexity index is 1000. The van der Waals surface area contributed by atoms with E-state index in [-0.39, 0.29) is 17.9 Å². The van der Waals surface area contributed by atoms with Gasteiger partial charge in [-0.15, -0.1) is 11.3 Å². The van der Waals surface area contributed by atoms with Crippen LogP contribution in [-0.2, 0) is 22.6 Å². The van der Waals surface area contributed by atoms with Gasteiger partial charge in [0.25, 0.3) is 0 Å². The van der Waals surface area contributed by atoms with Gasteiger partial charge in [0.1, 0.15) is 5.82 Å². The van der Waals surface area contributed by atoms with Gasteiger partial charge in [0.05, 0.1) is 23.8 Å². The average molecular weight is 471 g/mol. The molecule has 0 spiro atoms. The summed E-state index contributed by atoms with van der Waals surface area (Å²) in [4.78, 5) is 38.4. The van der Waals surface area contributed by atoms with Crippen molar-refractivity contribution in [1.29, 1.82) is 0 Å². The molecule has 5 rings (SSSR count). The van der Waals surface area contributed by atoms with E-state index in [4.69, 9.17) is 4.98 Å². The first kappa shape index (κ1) is 22.5. The van der Waals surface area contributed by atoms with Crippen molar-refractivity contribution in [2.45, 2.75) is 90.0 Å². The molecular weight excluding hydrogens is 436 g/mol. The largest absolute Gasteiger partial charge is 0.349 e. The van der Waals surface area contributed by atoms with Crippen LogP contribution in [0.25, 0.3) is 0 Å². The SMILES string of the molecule is CC(=O)N[C@@H](CCN1[C@@H]2CC[C@H]1C[C@@H](n1c(C)nc3c1CCN(C(C)=O)C3)C2)c1cncs1. The topological polar surface area (TPSA) is 83.4 Å². The molecule has 2 aromatic heterocycles. The van der Waals surface area contributed by atoms with Gasteiger partial charge in [0.2, 0.25) is 11.8 Å². The molecule has 0 unspecified atom stereocenters. The highest BCUT2D eigenvalue weighted by Crippen LogP contribution is 2.43. The van der Waals surface area contributed by atoms with Crippen molar-refractivity contribution in [2.24, 2.45) is 0 Å². The van der Waals surface area contributed by atoms with E-state index in [1.165, 1.54) is 18.5 Å². The molecular formula is C24H34N6O2S. The van der Waals surface area contributed by atoms with E-state index in [0.29, 0.717) is 24.7 Å². The second-order valence-electron chi connectivity index (χ2n) is 9.81. The molecule has 0 aliphatic carbocycles. The highest BCUT2D eigenvalue weighted by atomic mass is 32.1. The lowest BCUT2D eigenvalue weighted by molar-refractivity contribution is -0.129. The van der Waals surface area contributed by atoms with Crippen LogP contribution in [0, 0.1) is 6.92 Å². The summed E-state index contributed by atoms with van der Waals surface area (Å²) in [6, 6.07) is 1.71. The molecule has 0 aromatic carbocycles. The summed E-state index contributed by atoms with van der Waals surface area (Å²) in [6.07, 6.45) is 8.51. The molecule has 33 heavy (non-hydrogen) atoms. The van der Waals surface area contributed by atoms with Crippen molar-refractivity contribution in [3.05, 3.63) is 33.8 Å². The molecule has 2 bridgehead atoms. The number of hydrogen-bond acceptors (Lipinski definition) is 6. The minimum Gasteiger partial charge on any atom is -0.349 e. The van der Waals surface area contributed by atoms with E-state index in [2.05, 4.69) is 26.7 Å². The molecule has 0 saturated carbocycles. The lowest BCUT2D eigenvalue weighted by Crippen LogP contribution is -2.45. The van der Waals surface area contributed by atoms with Gasteiger partial charge in [-0.05, 0) is 39.0 Å². The Kier molecular flexibility index (Phi) is 6.26. The number of carbonyl (C=O) groups excluding carboxylic acids is 2. The lowest BCUT2D eigenvalue weighted by atomic mass is 9.95. The fraction of sp³-hybridized carbons (Fsp3) is 0.667. The maximum Gasteiger partial charge on any atom is 0.219 e. The molecule has 9 heteroatoms. The highest BCUT2D eigenvalue weighted by Gasteiger charge is 2.42. The third-order valence-electron chi connectivity index (χ3n) is 7.75. The number of thiazole rings is 1. The number of imidazole rings is 1. The van der Waals surface area contributed by atoms with Crippen LogP contribution in [0.4, 0.5) is 0 Å². The van der Waals surface area contributed by atoms with E-state index < -0.39 is 0 Å². The van der Waals surface area contributed by atoms with Gasteiger partial charge in [0, 0.05) is 68.3 Å². The highest BCUT2D eigenvalue weighted by molar-refractivity contribution is 7.09. The molecule has 4 atom stereocenters. The van der Waals surface area contributed by atoms with E-state index in [0.717, 1.165) is 55.2 Å². The molecule has 2 fully saturated rings. The number of hydrogen-bond donors (Lipinski definition) is 1. The van der Waals surface area contributed by atoms with Crippen molar-refractivity contribution in [3.63, 3.8) is 0 Å². The second-order valence-corrected chi connectivity index (χ2v) is 10.7. The van der Waals surface area contributed by atoms with Crippen LogP contribution in [0.2, 0.25) is 0 Å². The Morgan fingerprint density at radius 2 is 1.97 bits per heavy atom. The van der Waals surface area contributed by atoms with Gasteiger partial charge < -0.3 is 14.8 Å². The Labute approximate surface area is 199 Å². The zero-order valence-electron chi connectivity index (χ0n) is 19.8. The molecule has 2 amide bonds. The van der Waals surface area contributed by atoms with E-state index >= 15 is 0 Å². The number of amides is 2. The van der Waals surface area contributed by atoms with Gasteiger partial charge in [-0.3, -0.25) is 19.5 Å². The second kappa shape index (κ2) is 9.18. The summed E-state index contributed by atoms with van der Waals surface area (Å²) in [5.41, 5.74) is 4.27. The van der Waals surface area contributed by atoms with Gasteiger partial charge >= 0.3 is 0 Å². The van der Waals surface area contributed by atoms with Gasteiger partial charge in [-0.2, -0.15) is 0 Å². The molecule has 5 heterocycles. The monoisotopic (exact) mass is 470 g/mol. The van der Waals surface area contributed by atoms with Crippen LogP contribution in [0.15, 0.2) is 11.7 Å². The van der Waals surface area contributed by atoms with Crippen LogP contribution < -0.4 is 5.32 Å². The third-order valence-corrected chi connectivity index (χ3v) is 8.64.